The maximum absolute atomic E-state index is 7.72. The summed E-state index contributed by atoms with van der Waals surface area (Å²) in [4.78, 5) is 0. The molecule has 6 aromatic carbocycles. The minimum absolute atomic E-state index is 0.200. The Morgan fingerprint density at radius 2 is 0.796 bits per heavy atom. The quantitative estimate of drug-likeness (QED) is 0.161. The molecule has 0 aromatic heterocycles. The monoisotopic (exact) mass is 690 g/mol. The van der Waals surface area contributed by atoms with Crippen LogP contribution < -0.4 is 10.4 Å². The van der Waals surface area contributed by atoms with Gasteiger partial charge in [-0.25, -0.2) is 0 Å². The fraction of sp³-hybridized carbons (Fsp3) is 0.217. The summed E-state index contributed by atoms with van der Waals surface area (Å²) in [6.45, 7) is 13.9. The van der Waals surface area contributed by atoms with Gasteiger partial charge in [-0.3, -0.25) is 0 Å². The van der Waals surface area contributed by atoms with Crippen LogP contribution >= 0.6 is 23.2 Å². The highest BCUT2D eigenvalue weighted by Crippen LogP contribution is 2.50. The molecule has 3 heteroatoms. The average molecular weight is 692 g/mol. The number of rotatable bonds is 4. The largest absolute Gasteiger partial charge is 0.124 e. The Balaban J connectivity index is 1.55. The first kappa shape index (κ1) is 32.3. The van der Waals surface area contributed by atoms with E-state index in [1.54, 1.807) is 0 Å². The predicted molar refractivity (Wildman–Crippen MR) is 213 cm³/mol. The van der Waals surface area contributed by atoms with Crippen molar-refractivity contribution in [1.82, 2.24) is 0 Å². The van der Waals surface area contributed by atoms with Crippen molar-refractivity contribution >= 4 is 43.1 Å². The summed E-state index contributed by atoms with van der Waals surface area (Å²) in [5.74, 6) is 0. The first-order valence-corrected chi connectivity index (χ1v) is 19.0. The average Bonchev–Trinajstić information content (AvgIpc) is 3.65. The molecule has 2 radical (unpaired) electrons. The lowest BCUT2D eigenvalue weighted by Crippen LogP contribution is -2.41. The Labute approximate surface area is 304 Å². The Bertz CT molecular complexity index is 2110. The Kier molecular flexibility index (Phi) is 7.83. The summed E-state index contributed by atoms with van der Waals surface area (Å²) in [5, 5.41) is 4.47. The van der Waals surface area contributed by atoms with Crippen molar-refractivity contribution in [3.05, 3.63) is 153 Å². The summed E-state index contributed by atoms with van der Waals surface area (Å²) in [6, 6.07) is 39.7. The second-order valence-corrected chi connectivity index (χ2v) is 17.6. The normalized spacial score (nSPS) is 13.2. The van der Waals surface area contributed by atoms with Gasteiger partial charge < -0.3 is 0 Å². The van der Waals surface area contributed by atoms with Crippen LogP contribution in [0.1, 0.15) is 74.9 Å². The second kappa shape index (κ2) is 11.9. The zero-order valence-electron chi connectivity index (χ0n) is 29.1. The number of benzene rings is 6. The zero-order chi connectivity index (χ0) is 34.2. The van der Waals surface area contributed by atoms with Crippen LogP contribution in [0.3, 0.4) is 0 Å². The van der Waals surface area contributed by atoms with Crippen molar-refractivity contribution in [3.8, 4) is 44.5 Å². The van der Waals surface area contributed by atoms with Crippen LogP contribution in [0, 0.1) is 0 Å². The van der Waals surface area contributed by atoms with Crippen LogP contribution in [-0.4, -0.2) is 9.52 Å². The molecule has 0 heterocycles. The minimum atomic E-state index is -0.200. The Hall–Kier alpha value is -3.88. The highest BCUT2D eigenvalue weighted by atomic mass is 35.5. The van der Waals surface area contributed by atoms with Gasteiger partial charge in [0.25, 0.3) is 0 Å². The summed E-state index contributed by atoms with van der Waals surface area (Å²) in [5.41, 5.74) is 17.5. The molecule has 0 fully saturated rings. The fourth-order valence-electron chi connectivity index (χ4n) is 8.26. The van der Waals surface area contributed by atoms with Crippen LogP contribution in [0.25, 0.3) is 44.5 Å². The molecule has 49 heavy (non-hydrogen) atoms. The molecule has 0 nitrogen and oxygen atoms in total. The molecule has 0 saturated carbocycles. The fourth-order valence-corrected chi connectivity index (χ4v) is 11.8. The molecular formula is C46H40Cl2Si. The lowest BCUT2D eigenvalue weighted by molar-refractivity contribution is 0.593. The second-order valence-electron chi connectivity index (χ2n) is 15.6. The van der Waals surface area contributed by atoms with Gasteiger partial charge in [-0.05, 0) is 99.1 Å². The Morgan fingerprint density at radius 1 is 0.449 bits per heavy atom. The molecule has 0 amide bonds. The minimum Gasteiger partial charge on any atom is -0.0837 e. The van der Waals surface area contributed by atoms with Crippen molar-refractivity contribution < 1.29 is 0 Å². The third-order valence-electron chi connectivity index (χ3n) is 10.3. The summed E-state index contributed by atoms with van der Waals surface area (Å²) >= 11 is 15.4. The molecule has 0 saturated heterocycles. The molecule has 242 valence electrons. The first-order valence-electron chi connectivity index (χ1n) is 17.3. The predicted octanol–water partition coefficient (Wildman–Crippen LogP) is 11.7. The van der Waals surface area contributed by atoms with Gasteiger partial charge in [0.05, 0.1) is 0 Å². The van der Waals surface area contributed by atoms with Crippen molar-refractivity contribution in [2.75, 3.05) is 0 Å². The van der Waals surface area contributed by atoms with E-state index in [-0.39, 0.29) is 10.8 Å². The number of halogens is 2. The third-order valence-corrected chi connectivity index (χ3v) is 12.6. The van der Waals surface area contributed by atoms with E-state index in [4.69, 9.17) is 23.2 Å². The molecular weight excluding hydrogens is 651 g/mol. The third kappa shape index (κ3) is 5.25. The number of fused-ring (bicyclic) bond motifs is 6. The maximum Gasteiger partial charge on any atom is 0.124 e. The van der Waals surface area contributed by atoms with E-state index in [9.17, 15) is 0 Å². The van der Waals surface area contributed by atoms with E-state index in [1.807, 2.05) is 0 Å². The smallest absolute Gasteiger partial charge is 0.0837 e. The van der Waals surface area contributed by atoms with Crippen molar-refractivity contribution in [3.63, 3.8) is 0 Å². The maximum atomic E-state index is 7.72. The van der Waals surface area contributed by atoms with Crippen LogP contribution in [0.2, 0.25) is 10.0 Å². The molecule has 0 N–H and O–H groups in total. The lowest BCUT2D eigenvalue weighted by Gasteiger charge is -2.33. The highest BCUT2D eigenvalue weighted by molar-refractivity contribution is 6.72. The molecule has 0 unspecified atom stereocenters. The molecule has 0 atom stereocenters. The SMILES string of the molecule is CC(C)(C)c1c(Cl)c2c(c(-c3ccccc3)c1[Si]c1c(-c3ccccc3)c3c(c(Cl)c1C(C)(C)C)Cc1ccccc1-3)-c1ccccc1C2. The van der Waals surface area contributed by atoms with E-state index in [1.165, 1.54) is 88.3 Å². The lowest BCUT2D eigenvalue weighted by atomic mass is 9.81. The molecule has 0 bridgehead atoms. The number of hydrogen-bond donors (Lipinski definition) is 0. The van der Waals surface area contributed by atoms with E-state index < -0.39 is 0 Å². The highest BCUT2D eigenvalue weighted by Gasteiger charge is 2.38. The van der Waals surface area contributed by atoms with Gasteiger partial charge in [-0.15, -0.1) is 0 Å². The van der Waals surface area contributed by atoms with E-state index >= 15 is 0 Å². The van der Waals surface area contributed by atoms with Gasteiger partial charge in [0.1, 0.15) is 9.52 Å². The molecule has 0 spiro atoms. The molecule has 2 aliphatic rings. The van der Waals surface area contributed by atoms with Crippen molar-refractivity contribution in [2.24, 2.45) is 0 Å². The van der Waals surface area contributed by atoms with Crippen LogP contribution in [0.15, 0.2) is 109 Å². The molecule has 8 rings (SSSR count). The first-order chi connectivity index (χ1) is 23.4. The van der Waals surface area contributed by atoms with Gasteiger partial charge >= 0.3 is 0 Å². The zero-order valence-corrected chi connectivity index (χ0v) is 31.6. The Morgan fingerprint density at radius 3 is 1.16 bits per heavy atom. The van der Waals surface area contributed by atoms with Gasteiger partial charge in [0.15, 0.2) is 0 Å². The van der Waals surface area contributed by atoms with E-state index in [2.05, 4.69) is 151 Å². The van der Waals surface area contributed by atoms with Gasteiger partial charge in [-0.2, -0.15) is 0 Å². The van der Waals surface area contributed by atoms with Crippen molar-refractivity contribution in [2.45, 2.75) is 65.2 Å². The molecule has 0 aliphatic heterocycles. The van der Waals surface area contributed by atoms with E-state index in [0.717, 1.165) is 22.9 Å². The summed E-state index contributed by atoms with van der Waals surface area (Å²) < 4.78 is 0. The van der Waals surface area contributed by atoms with E-state index in [0.29, 0.717) is 9.52 Å². The molecule has 6 aromatic rings. The summed E-state index contributed by atoms with van der Waals surface area (Å²) in [6.07, 6.45) is 1.70. The molecule has 2 aliphatic carbocycles. The van der Waals surface area contributed by atoms with Crippen LogP contribution in [-0.2, 0) is 23.7 Å². The van der Waals surface area contributed by atoms with Gasteiger partial charge in [-0.1, -0.05) is 174 Å². The van der Waals surface area contributed by atoms with Gasteiger partial charge in [0, 0.05) is 22.9 Å². The van der Waals surface area contributed by atoms with Crippen molar-refractivity contribution in [1.29, 1.82) is 0 Å². The topological polar surface area (TPSA) is 0 Å². The number of hydrogen-bond acceptors (Lipinski definition) is 0. The van der Waals surface area contributed by atoms with Gasteiger partial charge in [0.2, 0.25) is 0 Å². The van der Waals surface area contributed by atoms with Crippen LogP contribution in [0.5, 0.6) is 0 Å². The standard InChI is InChI=1S/C46H40Cl2Si/c1-45(2,3)39-41(47)33-25-29-21-13-15-23-31(29)37(33)35(27-17-9-7-10-18-27)43(39)49-44-36(28-19-11-8-12-20-28)38-32-24-16-14-22-30(32)26-34(38)42(48)40(44)46(4,5)6/h7-24H,25-26H2,1-6H3. The summed E-state index contributed by atoms with van der Waals surface area (Å²) in [7, 11) is 0.316. The van der Waals surface area contributed by atoms with Crippen LogP contribution in [0.4, 0.5) is 0 Å².